The van der Waals surface area contributed by atoms with Crippen LogP contribution < -0.4 is 5.32 Å². The van der Waals surface area contributed by atoms with Crippen molar-refractivity contribution in [1.82, 2.24) is 5.32 Å². The fourth-order valence-corrected chi connectivity index (χ4v) is 1.64. The summed E-state index contributed by atoms with van der Waals surface area (Å²) in [5, 5.41) is 21.3. The number of aliphatic hydroxyl groups is 1. The minimum atomic E-state index is 0.0275. The summed E-state index contributed by atoms with van der Waals surface area (Å²) in [4.78, 5) is 0. The van der Waals surface area contributed by atoms with E-state index in [1.54, 1.807) is 12.1 Å². The van der Waals surface area contributed by atoms with Crippen LogP contribution in [0.15, 0.2) is 22.7 Å². The molecule has 3 nitrogen and oxygen atoms in total. The van der Waals surface area contributed by atoms with Gasteiger partial charge in [-0.05, 0) is 25.1 Å². The molecular weight excluding hydrogens is 246 g/mol. The Morgan fingerprint density at radius 1 is 1.50 bits per heavy atom. The van der Waals surface area contributed by atoms with Gasteiger partial charge in [-0.15, -0.1) is 0 Å². The molecule has 4 heteroatoms. The topological polar surface area (TPSA) is 52.5 Å². The molecule has 1 rings (SSSR count). The highest BCUT2D eigenvalue weighted by Crippen LogP contribution is 2.27. The van der Waals surface area contributed by atoms with E-state index < -0.39 is 0 Å². The van der Waals surface area contributed by atoms with Crippen LogP contribution in [0.3, 0.4) is 0 Å². The van der Waals surface area contributed by atoms with Crippen LogP contribution in [-0.2, 0) is 0 Å². The van der Waals surface area contributed by atoms with Crippen molar-refractivity contribution in [2.75, 3.05) is 13.2 Å². The van der Waals surface area contributed by atoms with E-state index >= 15 is 0 Å². The van der Waals surface area contributed by atoms with Crippen molar-refractivity contribution in [3.63, 3.8) is 0 Å². The van der Waals surface area contributed by atoms with Crippen molar-refractivity contribution in [2.45, 2.75) is 13.0 Å². The van der Waals surface area contributed by atoms with Crippen LogP contribution in [0.4, 0.5) is 0 Å². The van der Waals surface area contributed by atoms with Gasteiger partial charge in [-0.1, -0.05) is 15.9 Å². The lowest BCUT2D eigenvalue weighted by molar-refractivity contribution is 0.285. The van der Waals surface area contributed by atoms with Gasteiger partial charge in [0.25, 0.3) is 0 Å². The third-order valence-corrected chi connectivity index (χ3v) is 2.51. The van der Waals surface area contributed by atoms with E-state index in [1.165, 1.54) is 0 Å². The first-order valence-electron chi connectivity index (χ1n) is 4.48. The normalized spacial score (nSPS) is 12.8. The van der Waals surface area contributed by atoms with Gasteiger partial charge in [-0.25, -0.2) is 0 Å². The molecule has 0 radical (unpaired) electrons. The maximum atomic E-state index is 9.58. The molecular formula is C10H14BrNO2. The lowest BCUT2D eigenvalue weighted by atomic mass is 10.1. The SMILES string of the molecule is CC(NCCO)c1cc(Br)ccc1O. The number of benzene rings is 1. The van der Waals surface area contributed by atoms with E-state index in [4.69, 9.17) is 5.11 Å². The Morgan fingerprint density at radius 3 is 2.86 bits per heavy atom. The highest BCUT2D eigenvalue weighted by Gasteiger charge is 2.09. The quantitative estimate of drug-likeness (QED) is 0.773. The maximum absolute atomic E-state index is 9.58. The Hall–Kier alpha value is -0.580. The van der Waals surface area contributed by atoms with Gasteiger partial charge in [0.05, 0.1) is 6.61 Å². The summed E-state index contributed by atoms with van der Waals surface area (Å²) in [6.45, 7) is 2.56. The average Bonchev–Trinajstić information content (AvgIpc) is 2.18. The third kappa shape index (κ3) is 2.97. The second-order valence-electron chi connectivity index (χ2n) is 3.10. The number of rotatable bonds is 4. The second-order valence-corrected chi connectivity index (χ2v) is 4.02. The molecule has 1 aromatic carbocycles. The number of aliphatic hydroxyl groups excluding tert-OH is 1. The summed E-state index contributed by atoms with van der Waals surface area (Å²) in [6, 6.07) is 5.33. The van der Waals surface area contributed by atoms with Gasteiger partial charge in [0.2, 0.25) is 0 Å². The fraction of sp³-hybridized carbons (Fsp3) is 0.400. The largest absolute Gasteiger partial charge is 0.508 e. The number of phenolic OH excluding ortho intramolecular Hbond substituents is 1. The molecule has 3 N–H and O–H groups in total. The zero-order valence-corrected chi connectivity index (χ0v) is 9.58. The summed E-state index contributed by atoms with van der Waals surface area (Å²) >= 11 is 3.34. The van der Waals surface area contributed by atoms with E-state index in [1.807, 2.05) is 13.0 Å². The smallest absolute Gasteiger partial charge is 0.120 e. The summed E-state index contributed by atoms with van der Waals surface area (Å²) in [5.74, 6) is 0.270. The van der Waals surface area contributed by atoms with Crippen molar-refractivity contribution in [3.05, 3.63) is 28.2 Å². The molecule has 0 saturated carbocycles. The molecule has 0 aliphatic carbocycles. The fourth-order valence-electron chi connectivity index (χ4n) is 1.26. The first-order chi connectivity index (χ1) is 6.65. The molecule has 14 heavy (non-hydrogen) atoms. The van der Waals surface area contributed by atoms with Gasteiger partial charge in [0.1, 0.15) is 5.75 Å². The van der Waals surface area contributed by atoms with E-state index in [0.717, 1.165) is 10.0 Å². The Bertz CT molecular complexity index is 304. The Morgan fingerprint density at radius 2 is 2.21 bits per heavy atom. The minimum Gasteiger partial charge on any atom is -0.508 e. The molecule has 1 unspecified atom stereocenters. The summed E-state index contributed by atoms with van der Waals surface area (Å²) in [6.07, 6.45) is 0. The van der Waals surface area contributed by atoms with Crippen molar-refractivity contribution in [2.24, 2.45) is 0 Å². The van der Waals surface area contributed by atoms with Crippen LogP contribution in [0.1, 0.15) is 18.5 Å². The first-order valence-corrected chi connectivity index (χ1v) is 5.27. The molecule has 0 saturated heterocycles. The highest BCUT2D eigenvalue weighted by atomic mass is 79.9. The van der Waals surface area contributed by atoms with Crippen molar-refractivity contribution in [3.8, 4) is 5.75 Å². The number of hydrogen-bond donors (Lipinski definition) is 3. The monoisotopic (exact) mass is 259 g/mol. The minimum absolute atomic E-state index is 0.0275. The maximum Gasteiger partial charge on any atom is 0.120 e. The van der Waals surface area contributed by atoms with E-state index in [-0.39, 0.29) is 18.4 Å². The molecule has 78 valence electrons. The van der Waals surface area contributed by atoms with Gasteiger partial charge in [-0.2, -0.15) is 0 Å². The predicted octanol–water partition coefficient (Wildman–Crippen LogP) is 1.80. The predicted molar refractivity (Wildman–Crippen MR) is 59.3 cm³/mol. The van der Waals surface area contributed by atoms with Crippen LogP contribution in [0.5, 0.6) is 5.75 Å². The number of phenols is 1. The van der Waals surface area contributed by atoms with Crippen molar-refractivity contribution in [1.29, 1.82) is 0 Å². The molecule has 0 aliphatic rings. The standard InChI is InChI=1S/C10H14BrNO2/c1-7(12-4-5-13)9-6-8(11)2-3-10(9)14/h2-3,6-7,12-14H,4-5H2,1H3. The molecule has 0 heterocycles. The third-order valence-electron chi connectivity index (χ3n) is 2.02. The van der Waals surface area contributed by atoms with E-state index in [2.05, 4.69) is 21.2 Å². The van der Waals surface area contributed by atoms with Crippen LogP contribution in [0.2, 0.25) is 0 Å². The van der Waals surface area contributed by atoms with Crippen LogP contribution in [0.25, 0.3) is 0 Å². The van der Waals surface area contributed by atoms with Crippen LogP contribution in [-0.4, -0.2) is 23.4 Å². The van der Waals surface area contributed by atoms with Crippen LogP contribution in [0, 0.1) is 0 Å². The molecule has 0 spiro atoms. The van der Waals surface area contributed by atoms with Crippen molar-refractivity contribution >= 4 is 15.9 Å². The zero-order valence-electron chi connectivity index (χ0n) is 8.00. The number of aromatic hydroxyl groups is 1. The Balaban J connectivity index is 2.77. The number of nitrogens with one attached hydrogen (secondary N) is 1. The lowest BCUT2D eigenvalue weighted by Gasteiger charge is -2.15. The summed E-state index contributed by atoms with van der Waals surface area (Å²) in [7, 11) is 0. The molecule has 0 bridgehead atoms. The molecule has 1 aromatic rings. The van der Waals surface area contributed by atoms with E-state index in [9.17, 15) is 5.11 Å². The molecule has 0 fully saturated rings. The van der Waals surface area contributed by atoms with Gasteiger partial charge in [-0.3, -0.25) is 0 Å². The molecule has 1 atom stereocenters. The Labute approximate surface area is 91.9 Å². The van der Waals surface area contributed by atoms with Crippen molar-refractivity contribution < 1.29 is 10.2 Å². The summed E-state index contributed by atoms with van der Waals surface area (Å²) < 4.78 is 0.933. The average molecular weight is 260 g/mol. The van der Waals surface area contributed by atoms with Gasteiger partial charge >= 0.3 is 0 Å². The number of halogens is 1. The van der Waals surface area contributed by atoms with E-state index in [0.29, 0.717) is 6.54 Å². The number of hydrogen-bond acceptors (Lipinski definition) is 3. The summed E-state index contributed by atoms with van der Waals surface area (Å²) in [5.41, 5.74) is 0.827. The van der Waals surface area contributed by atoms with Gasteiger partial charge in [0, 0.05) is 22.6 Å². The molecule has 0 aromatic heterocycles. The second kappa shape index (κ2) is 5.34. The van der Waals surface area contributed by atoms with Gasteiger partial charge < -0.3 is 15.5 Å². The molecule has 0 aliphatic heterocycles. The Kier molecular flexibility index (Phi) is 4.38. The molecule has 0 amide bonds. The zero-order chi connectivity index (χ0) is 10.6. The van der Waals surface area contributed by atoms with Crippen LogP contribution >= 0.6 is 15.9 Å². The lowest BCUT2D eigenvalue weighted by Crippen LogP contribution is -2.22. The highest BCUT2D eigenvalue weighted by molar-refractivity contribution is 9.10. The van der Waals surface area contributed by atoms with Gasteiger partial charge in [0.15, 0.2) is 0 Å². The first kappa shape index (κ1) is 11.5.